The first-order valence-electron chi connectivity index (χ1n) is 7.26. The summed E-state index contributed by atoms with van der Waals surface area (Å²) in [5.74, 6) is -1.21. The van der Waals surface area contributed by atoms with Gasteiger partial charge in [0.2, 0.25) is 0 Å². The van der Waals surface area contributed by atoms with Crippen molar-refractivity contribution in [3.05, 3.63) is 0 Å². The number of nitrogens with one attached hydrogen (secondary N) is 1. The first kappa shape index (κ1) is 22.8. The maximum absolute atomic E-state index is 12.1. The summed E-state index contributed by atoms with van der Waals surface area (Å²) in [6.07, 6.45) is -5.05. The summed E-state index contributed by atoms with van der Waals surface area (Å²) in [6, 6.07) is -0.342. The average molecular weight is 378 g/mol. The van der Waals surface area contributed by atoms with Crippen molar-refractivity contribution >= 4 is 23.7 Å². The van der Waals surface area contributed by atoms with Crippen molar-refractivity contribution in [1.29, 1.82) is 0 Å². The van der Waals surface area contributed by atoms with Crippen LogP contribution in [-0.2, 0) is 19.0 Å². The van der Waals surface area contributed by atoms with E-state index in [1.807, 2.05) is 0 Å². The molecule has 0 radical (unpaired) electrons. The van der Waals surface area contributed by atoms with Crippen molar-refractivity contribution in [2.75, 3.05) is 25.8 Å². The third kappa shape index (κ3) is 14.4. The minimum atomic E-state index is -4.45. The van der Waals surface area contributed by atoms with E-state index < -0.39 is 36.4 Å². The van der Waals surface area contributed by atoms with Gasteiger partial charge in [0.1, 0.15) is 12.2 Å². The number of alkyl carbamates (subject to hydrolysis) is 1. The summed E-state index contributed by atoms with van der Waals surface area (Å²) in [5, 5.41) is 2.46. The quantitative estimate of drug-likeness (QED) is 0.493. The summed E-state index contributed by atoms with van der Waals surface area (Å²) in [6.45, 7) is 3.50. The molecule has 10 heteroatoms. The highest BCUT2D eigenvalue weighted by atomic mass is 35.5. The number of halogens is 4. The molecule has 6 nitrogen and oxygen atoms in total. The van der Waals surface area contributed by atoms with Gasteiger partial charge < -0.3 is 19.5 Å². The fraction of sp³-hybridized carbons (Fsp3) is 0.857. The predicted molar refractivity (Wildman–Crippen MR) is 80.6 cm³/mol. The van der Waals surface area contributed by atoms with Gasteiger partial charge in [0.15, 0.2) is 6.07 Å². The SMILES string of the molecule is CC(C)(C)OC(=O)NCCC(COCC(F)(F)F)CC(=O)OCCl. The maximum Gasteiger partial charge on any atom is 0.411 e. The van der Waals surface area contributed by atoms with E-state index in [0.29, 0.717) is 0 Å². The molecule has 0 aliphatic rings. The molecule has 0 bridgehead atoms. The van der Waals surface area contributed by atoms with Crippen molar-refractivity contribution in [1.82, 2.24) is 5.32 Å². The van der Waals surface area contributed by atoms with Gasteiger partial charge in [0.25, 0.3) is 0 Å². The Labute approximate surface area is 143 Å². The first-order valence-corrected chi connectivity index (χ1v) is 7.79. The zero-order valence-corrected chi connectivity index (χ0v) is 14.6. The molecule has 0 rings (SSSR count). The van der Waals surface area contributed by atoms with E-state index in [-0.39, 0.29) is 32.1 Å². The number of amides is 1. The van der Waals surface area contributed by atoms with Crippen molar-refractivity contribution in [3.8, 4) is 0 Å². The van der Waals surface area contributed by atoms with Crippen LogP contribution in [0.3, 0.4) is 0 Å². The van der Waals surface area contributed by atoms with Crippen LogP contribution < -0.4 is 5.32 Å². The summed E-state index contributed by atoms with van der Waals surface area (Å²) < 4.78 is 50.4. The molecule has 0 aliphatic carbocycles. The Balaban J connectivity index is 4.32. The normalized spacial score (nSPS) is 13.3. The minimum absolute atomic E-state index is 0.114. The predicted octanol–water partition coefficient (Wildman–Crippen LogP) is 3.23. The Morgan fingerprint density at radius 1 is 1.21 bits per heavy atom. The smallest absolute Gasteiger partial charge is 0.411 e. The van der Waals surface area contributed by atoms with E-state index in [1.54, 1.807) is 20.8 Å². The van der Waals surface area contributed by atoms with Crippen molar-refractivity contribution in [3.63, 3.8) is 0 Å². The van der Waals surface area contributed by atoms with Gasteiger partial charge in [0, 0.05) is 6.54 Å². The molecule has 0 aliphatic heterocycles. The van der Waals surface area contributed by atoms with E-state index in [4.69, 9.17) is 16.3 Å². The van der Waals surface area contributed by atoms with Gasteiger partial charge in [-0.2, -0.15) is 13.2 Å². The number of ether oxygens (including phenoxy) is 3. The van der Waals surface area contributed by atoms with E-state index in [0.717, 1.165) is 0 Å². The summed E-state index contributed by atoms with van der Waals surface area (Å²) in [7, 11) is 0. The van der Waals surface area contributed by atoms with Crippen LogP contribution >= 0.6 is 11.6 Å². The highest BCUT2D eigenvalue weighted by Crippen LogP contribution is 2.17. The lowest BCUT2D eigenvalue weighted by molar-refractivity contribution is -0.177. The van der Waals surface area contributed by atoms with E-state index >= 15 is 0 Å². The Hall–Kier alpha value is -1.22. The molecule has 0 aromatic heterocycles. The number of esters is 1. The molecular weight excluding hydrogens is 355 g/mol. The fourth-order valence-corrected chi connectivity index (χ4v) is 1.76. The Morgan fingerprint density at radius 2 is 1.83 bits per heavy atom. The van der Waals surface area contributed by atoms with Crippen LogP contribution in [0.1, 0.15) is 33.6 Å². The van der Waals surface area contributed by atoms with Crippen LogP contribution in [0, 0.1) is 5.92 Å². The van der Waals surface area contributed by atoms with Crippen LogP contribution in [0.2, 0.25) is 0 Å². The molecule has 1 N–H and O–H groups in total. The molecule has 0 fully saturated rings. The van der Waals surface area contributed by atoms with Crippen LogP contribution in [0.15, 0.2) is 0 Å². The van der Waals surface area contributed by atoms with Gasteiger partial charge in [-0.25, -0.2) is 4.79 Å². The van der Waals surface area contributed by atoms with Crippen molar-refractivity contribution in [2.45, 2.75) is 45.4 Å². The Bertz CT molecular complexity index is 399. The standard InChI is InChI=1S/C14H23ClF3NO5/c1-13(2,3)24-12(21)19-5-4-10(6-11(20)23-9-15)7-22-8-14(16,17)18/h10H,4-9H2,1-3H3,(H,19,21). The molecule has 0 aromatic rings. The molecule has 0 spiro atoms. The van der Waals surface area contributed by atoms with Gasteiger partial charge in [-0.3, -0.25) is 4.79 Å². The zero-order valence-electron chi connectivity index (χ0n) is 13.9. The fourth-order valence-electron chi connectivity index (χ4n) is 1.63. The van der Waals surface area contributed by atoms with E-state index in [1.165, 1.54) is 0 Å². The maximum atomic E-state index is 12.1. The molecule has 1 amide bonds. The van der Waals surface area contributed by atoms with E-state index in [2.05, 4.69) is 14.8 Å². The Kier molecular flexibility index (Phi) is 10.1. The second kappa shape index (κ2) is 10.6. The molecule has 0 aromatic carbocycles. The van der Waals surface area contributed by atoms with Crippen LogP contribution in [0.25, 0.3) is 0 Å². The van der Waals surface area contributed by atoms with Crippen molar-refractivity contribution in [2.24, 2.45) is 5.92 Å². The second-order valence-electron chi connectivity index (χ2n) is 6.04. The largest absolute Gasteiger partial charge is 0.449 e. The molecule has 142 valence electrons. The summed E-state index contributed by atoms with van der Waals surface area (Å²) in [5.41, 5.74) is -0.663. The lowest BCUT2D eigenvalue weighted by Crippen LogP contribution is -2.34. The van der Waals surface area contributed by atoms with Crippen molar-refractivity contribution < 1.29 is 37.0 Å². The summed E-state index contributed by atoms with van der Waals surface area (Å²) in [4.78, 5) is 22.9. The average Bonchev–Trinajstić information content (AvgIpc) is 2.34. The molecule has 0 saturated carbocycles. The van der Waals surface area contributed by atoms with E-state index in [9.17, 15) is 22.8 Å². The molecular formula is C14H23ClF3NO5. The number of carbonyl (C=O) groups excluding carboxylic acids is 2. The lowest BCUT2D eigenvalue weighted by atomic mass is 10.0. The first-order chi connectivity index (χ1) is 10.9. The van der Waals surface area contributed by atoms with Gasteiger partial charge in [0.05, 0.1) is 13.0 Å². The highest BCUT2D eigenvalue weighted by Gasteiger charge is 2.28. The Morgan fingerprint density at radius 3 is 2.33 bits per heavy atom. The van der Waals surface area contributed by atoms with Crippen LogP contribution in [-0.4, -0.2) is 49.7 Å². The van der Waals surface area contributed by atoms with Crippen LogP contribution in [0.5, 0.6) is 0 Å². The number of hydrogen-bond donors (Lipinski definition) is 1. The van der Waals surface area contributed by atoms with Gasteiger partial charge in [-0.05, 0) is 33.1 Å². The third-order valence-corrected chi connectivity index (χ3v) is 2.62. The molecule has 0 saturated heterocycles. The zero-order chi connectivity index (χ0) is 18.8. The number of alkyl halides is 4. The second-order valence-corrected chi connectivity index (χ2v) is 6.26. The van der Waals surface area contributed by atoms with Gasteiger partial charge in [-0.1, -0.05) is 11.6 Å². The number of hydrogen-bond acceptors (Lipinski definition) is 5. The monoisotopic (exact) mass is 377 g/mol. The van der Waals surface area contributed by atoms with Crippen LogP contribution in [0.4, 0.5) is 18.0 Å². The van der Waals surface area contributed by atoms with Gasteiger partial charge >= 0.3 is 18.2 Å². The summed E-state index contributed by atoms with van der Waals surface area (Å²) >= 11 is 5.25. The molecule has 24 heavy (non-hydrogen) atoms. The number of carbonyl (C=O) groups is 2. The molecule has 1 atom stereocenters. The highest BCUT2D eigenvalue weighted by molar-refractivity contribution is 6.17. The molecule has 0 heterocycles. The number of rotatable bonds is 9. The minimum Gasteiger partial charge on any atom is -0.449 e. The molecule has 1 unspecified atom stereocenters. The topological polar surface area (TPSA) is 73.9 Å². The van der Waals surface area contributed by atoms with Gasteiger partial charge in [-0.15, -0.1) is 0 Å². The third-order valence-electron chi connectivity index (χ3n) is 2.51. The lowest BCUT2D eigenvalue weighted by Gasteiger charge is -2.21.